The molecule has 50 heavy (non-hydrogen) atoms. The molecule has 0 aromatic heterocycles. The van der Waals surface area contributed by atoms with E-state index in [4.69, 9.17) is 4.74 Å². The Morgan fingerprint density at radius 1 is 0.860 bits per heavy atom. The van der Waals surface area contributed by atoms with E-state index in [0.717, 1.165) is 58.0 Å². The predicted octanol–water partition coefficient (Wildman–Crippen LogP) is 7.40. The quantitative estimate of drug-likeness (QED) is 0.129. The number of carbonyl (C=O) groups excluding carboxylic acids is 2. The zero-order valence-corrected chi connectivity index (χ0v) is 30.7. The summed E-state index contributed by atoms with van der Waals surface area (Å²) < 4.78 is 35.5. The maximum absolute atomic E-state index is 14.8. The number of benzene rings is 4. The summed E-state index contributed by atoms with van der Waals surface area (Å²) in [6.45, 7) is 3.96. The first-order chi connectivity index (χ1) is 24.2. The molecule has 1 atom stereocenters. The number of rotatable bonds is 15. The lowest BCUT2D eigenvalue weighted by atomic mass is 9.94. The highest BCUT2D eigenvalue weighted by atomic mass is 32.2. The monoisotopic (exact) mass is 713 g/mol. The number of thioether (sulfide) groups is 1. The van der Waals surface area contributed by atoms with Crippen molar-refractivity contribution in [1.82, 2.24) is 10.2 Å². The molecule has 0 spiro atoms. The van der Waals surface area contributed by atoms with Crippen LogP contribution in [-0.4, -0.2) is 56.6 Å². The van der Waals surface area contributed by atoms with E-state index < -0.39 is 28.5 Å². The van der Waals surface area contributed by atoms with Crippen LogP contribution in [0.4, 0.5) is 5.69 Å². The molecule has 8 nitrogen and oxygen atoms in total. The Morgan fingerprint density at radius 2 is 1.52 bits per heavy atom. The van der Waals surface area contributed by atoms with Crippen molar-refractivity contribution in [3.63, 3.8) is 0 Å². The van der Waals surface area contributed by atoms with Crippen molar-refractivity contribution in [1.29, 1.82) is 0 Å². The Labute approximate surface area is 301 Å². The van der Waals surface area contributed by atoms with Crippen LogP contribution in [0.5, 0.6) is 5.75 Å². The van der Waals surface area contributed by atoms with Gasteiger partial charge in [-0.3, -0.25) is 13.9 Å². The Morgan fingerprint density at radius 3 is 2.14 bits per heavy atom. The summed E-state index contributed by atoms with van der Waals surface area (Å²) in [5.74, 6) is -0.125. The molecule has 0 bridgehead atoms. The van der Waals surface area contributed by atoms with Gasteiger partial charge >= 0.3 is 0 Å². The van der Waals surface area contributed by atoms with Crippen LogP contribution in [-0.2, 0) is 32.6 Å². The third kappa shape index (κ3) is 9.69. The minimum absolute atomic E-state index is 0.0378. The highest BCUT2D eigenvalue weighted by Gasteiger charge is 2.35. The molecule has 264 valence electrons. The van der Waals surface area contributed by atoms with Gasteiger partial charge in [-0.15, -0.1) is 11.8 Å². The van der Waals surface area contributed by atoms with Crippen LogP contribution >= 0.6 is 11.8 Å². The van der Waals surface area contributed by atoms with Crippen molar-refractivity contribution in [2.24, 2.45) is 0 Å². The average Bonchev–Trinajstić information content (AvgIpc) is 3.14. The maximum atomic E-state index is 14.8. The molecule has 2 amide bonds. The van der Waals surface area contributed by atoms with Gasteiger partial charge in [0, 0.05) is 23.9 Å². The third-order valence-corrected chi connectivity index (χ3v) is 11.6. The molecular formula is C40H47N3O5S2. The summed E-state index contributed by atoms with van der Waals surface area (Å²) in [7, 11) is -4.20. The van der Waals surface area contributed by atoms with Gasteiger partial charge in [-0.1, -0.05) is 79.4 Å². The summed E-state index contributed by atoms with van der Waals surface area (Å²) in [4.78, 5) is 31.6. The van der Waals surface area contributed by atoms with Gasteiger partial charge in [-0.2, -0.15) is 0 Å². The SMILES string of the molecule is CCOc1ccc(N(CC(=O)N(Cc2ccc(C)cc2)[C@H](Cc2ccccc2)C(=O)NC2CCCCC2)S(=O)(=O)c2ccc(SC)cc2)cc1. The van der Waals surface area contributed by atoms with Gasteiger partial charge in [0.25, 0.3) is 10.0 Å². The molecule has 0 radical (unpaired) electrons. The van der Waals surface area contributed by atoms with Crippen LogP contribution in [0, 0.1) is 6.92 Å². The van der Waals surface area contributed by atoms with Crippen LogP contribution in [0.25, 0.3) is 0 Å². The van der Waals surface area contributed by atoms with Crippen molar-refractivity contribution >= 4 is 39.3 Å². The number of aryl methyl sites for hydroxylation is 1. The summed E-state index contributed by atoms with van der Waals surface area (Å²) in [6.07, 6.45) is 7.24. The molecule has 1 fully saturated rings. The molecule has 0 aliphatic heterocycles. The van der Waals surface area contributed by atoms with E-state index in [2.05, 4.69) is 5.32 Å². The molecule has 4 aromatic carbocycles. The number of hydrogen-bond acceptors (Lipinski definition) is 6. The molecule has 1 N–H and O–H groups in total. The molecule has 0 saturated heterocycles. The van der Waals surface area contributed by atoms with Crippen molar-refractivity contribution in [3.05, 3.63) is 120 Å². The Hall–Kier alpha value is -4.28. The number of anilines is 1. The minimum atomic E-state index is -4.20. The Bertz CT molecular complexity index is 1790. The number of ether oxygens (including phenoxy) is 1. The number of sulfonamides is 1. The summed E-state index contributed by atoms with van der Waals surface area (Å²) >= 11 is 1.51. The molecule has 4 aromatic rings. The van der Waals surface area contributed by atoms with Gasteiger partial charge in [-0.25, -0.2) is 8.42 Å². The second kappa shape index (κ2) is 17.6. The second-order valence-corrected chi connectivity index (χ2v) is 15.4. The van der Waals surface area contributed by atoms with Gasteiger partial charge < -0.3 is 15.0 Å². The number of hydrogen-bond donors (Lipinski definition) is 1. The highest BCUT2D eigenvalue weighted by Crippen LogP contribution is 2.28. The lowest BCUT2D eigenvalue weighted by Gasteiger charge is -2.35. The fourth-order valence-corrected chi connectivity index (χ4v) is 8.09. The number of amides is 2. The van der Waals surface area contributed by atoms with E-state index in [1.807, 2.05) is 74.7 Å². The van der Waals surface area contributed by atoms with E-state index in [1.54, 1.807) is 53.4 Å². The molecule has 1 saturated carbocycles. The van der Waals surface area contributed by atoms with Crippen molar-refractivity contribution in [3.8, 4) is 5.75 Å². The predicted molar refractivity (Wildman–Crippen MR) is 201 cm³/mol. The summed E-state index contributed by atoms with van der Waals surface area (Å²) in [6, 6.07) is 30.0. The molecule has 5 rings (SSSR count). The number of nitrogens with one attached hydrogen (secondary N) is 1. The van der Waals surface area contributed by atoms with Crippen molar-refractivity contribution in [2.75, 3.05) is 23.7 Å². The van der Waals surface area contributed by atoms with E-state index in [-0.39, 0.29) is 29.8 Å². The fraction of sp³-hybridized carbons (Fsp3) is 0.350. The van der Waals surface area contributed by atoms with E-state index in [1.165, 1.54) is 11.8 Å². The van der Waals surface area contributed by atoms with Crippen LogP contribution < -0.4 is 14.4 Å². The number of nitrogens with zero attached hydrogens (tertiary/aromatic N) is 2. The van der Waals surface area contributed by atoms with Crippen LogP contribution in [0.15, 0.2) is 113 Å². The lowest BCUT2D eigenvalue weighted by Crippen LogP contribution is -2.55. The molecule has 0 unspecified atom stereocenters. The van der Waals surface area contributed by atoms with Crippen LogP contribution in [0.3, 0.4) is 0 Å². The van der Waals surface area contributed by atoms with Gasteiger partial charge in [-0.05, 0) is 92.6 Å². The van der Waals surface area contributed by atoms with Gasteiger partial charge in [0.2, 0.25) is 11.8 Å². The summed E-state index contributed by atoms with van der Waals surface area (Å²) in [5.41, 5.74) is 3.14. The largest absolute Gasteiger partial charge is 0.494 e. The zero-order chi connectivity index (χ0) is 35.5. The molecule has 1 aliphatic rings. The van der Waals surface area contributed by atoms with E-state index >= 15 is 0 Å². The van der Waals surface area contributed by atoms with Gasteiger partial charge in [0.1, 0.15) is 18.3 Å². The van der Waals surface area contributed by atoms with Crippen LogP contribution in [0.1, 0.15) is 55.7 Å². The average molecular weight is 714 g/mol. The van der Waals surface area contributed by atoms with Crippen LogP contribution in [0.2, 0.25) is 0 Å². The van der Waals surface area contributed by atoms with Gasteiger partial charge in [0.05, 0.1) is 17.2 Å². The number of carbonyl (C=O) groups is 2. The minimum Gasteiger partial charge on any atom is -0.494 e. The first kappa shape index (κ1) is 37.0. The van der Waals surface area contributed by atoms with E-state index in [0.29, 0.717) is 18.0 Å². The maximum Gasteiger partial charge on any atom is 0.264 e. The molecule has 0 heterocycles. The van der Waals surface area contributed by atoms with E-state index in [9.17, 15) is 18.0 Å². The first-order valence-corrected chi connectivity index (χ1v) is 19.9. The third-order valence-electron chi connectivity index (χ3n) is 9.06. The lowest BCUT2D eigenvalue weighted by molar-refractivity contribution is -0.140. The Kier molecular flexibility index (Phi) is 13.0. The normalized spacial score (nSPS) is 14.1. The molecule has 1 aliphatic carbocycles. The zero-order valence-electron chi connectivity index (χ0n) is 29.1. The standard InChI is InChI=1S/C40H47N3O5S2/c1-4-48-35-21-19-34(20-22-35)43(50(46,47)37-25-23-36(49-3)24-26-37)29-39(44)42(28-32-17-15-30(2)16-18-32)38(27-31-11-7-5-8-12-31)40(45)41-33-13-9-6-10-14-33/h5,7-8,11-12,15-26,33,38H,4,6,9-10,13-14,27-29H2,1-3H3,(H,41,45)/t38-/m1/s1. The fourth-order valence-electron chi connectivity index (χ4n) is 6.27. The smallest absolute Gasteiger partial charge is 0.264 e. The van der Waals surface area contributed by atoms with Crippen molar-refractivity contribution < 1.29 is 22.7 Å². The second-order valence-electron chi connectivity index (χ2n) is 12.7. The first-order valence-electron chi connectivity index (χ1n) is 17.3. The van der Waals surface area contributed by atoms with Gasteiger partial charge in [0.15, 0.2) is 0 Å². The molecular weight excluding hydrogens is 667 g/mol. The van der Waals surface area contributed by atoms with Crippen molar-refractivity contribution in [2.45, 2.75) is 80.8 Å². The highest BCUT2D eigenvalue weighted by molar-refractivity contribution is 7.98. The topological polar surface area (TPSA) is 96.0 Å². The molecule has 10 heteroatoms. The summed E-state index contributed by atoms with van der Waals surface area (Å²) in [5, 5.41) is 3.26. The Balaban J connectivity index is 1.56.